The highest BCUT2D eigenvalue weighted by Gasteiger charge is 2.31. The van der Waals surface area contributed by atoms with Gasteiger partial charge in [0.1, 0.15) is 13.0 Å². The molecular weight excluding hydrogens is 450 g/mol. The molecule has 0 aliphatic carbocycles. The van der Waals surface area contributed by atoms with E-state index in [0.717, 1.165) is 27.4 Å². The molecule has 1 heterocycles. The fourth-order valence-electron chi connectivity index (χ4n) is 3.94. The van der Waals surface area contributed by atoms with Crippen molar-refractivity contribution < 1.29 is 8.96 Å². The highest BCUT2D eigenvalue weighted by Crippen LogP contribution is 2.49. The van der Waals surface area contributed by atoms with E-state index in [2.05, 4.69) is 13.8 Å². The van der Waals surface area contributed by atoms with Crippen LogP contribution in [0.25, 0.3) is 11.3 Å². The van der Waals surface area contributed by atoms with Crippen LogP contribution in [0.1, 0.15) is 31.0 Å². The Bertz CT molecular complexity index is 1240. The van der Waals surface area contributed by atoms with Crippen LogP contribution in [0, 0.1) is 5.82 Å². The summed E-state index contributed by atoms with van der Waals surface area (Å²) < 4.78 is 28.5. The highest BCUT2D eigenvalue weighted by molar-refractivity contribution is 7.98. The smallest absolute Gasteiger partial charge is 0.188 e. The molecule has 33 heavy (non-hydrogen) atoms. The predicted octanol–water partition coefficient (Wildman–Crippen LogP) is 6.64. The lowest BCUT2D eigenvalue weighted by Gasteiger charge is -2.24. The average Bonchev–Trinajstić information content (AvgIpc) is 2.85. The fraction of sp³-hybridized carbons (Fsp3) is 0.185. The third kappa shape index (κ3) is 4.95. The molecule has 4 aromatic rings. The van der Waals surface area contributed by atoms with Crippen LogP contribution in [0.3, 0.4) is 0 Å². The molecule has 0 amide bonds. The van der Waals surface area contributed by atoms with Crippen molar-refractivity contribution in [1.82, 2.24) is 9.97 Å². The van der Waals surface area contributed by atoms with E-state index >= 15 is 0 Å². The van der Waals surface area contributed by atoms with Gasteiger partial charge in [-0.1, -0.05) is 86.3 Å². The Balaban J connectivity index is 1.98. The van der Waals surface area contributed by atoms with Crippen LogP contribution in [-0.2, 0) is 10.7 Å². The summed E-state index contributed by atoms with van der Waals surface area (Å²) in [4.78, 5) is 9.64. The second-order valence-corrected chi connectivity index (χ2v) is 11.8. The van der Waals surface area contributed by atoms with Gasteiger partial charge in [0.25, 0.3) is 0 Å². The molecule has 4 rings (SSSR count). The Morgan fingerprint density at radius 2 is 1.39 bits per heavy atom. The summed E-state index contributed by atoms with van der Waals surface area (Å²) >= 11 is 1.47. The van der Waals surface area contributed by atoms with E-state index in [9.17, 15) is 8.96 Å². The van der Waals surface area contributed by atoms with Crippen LogP contribution in [0.2, 0.25) is 0 Å². The maximum atomic E-state index is 14.8. The molecule has 0 saturated carbocycles. The van der Waals surface area contributed by atoms with Gasteiger partial charge in [-0.2, -0.15) is 0 Å². The van der Waals surface area contributed by atoms with Gasteiger partial charge in [-0.05, 0) is 36.4 Å². The van der Waals surface area contributed by atoms with Gasteiger partial charge in [0.15, 0.2) is 5.16 Å². The lowest BCUT2D eigenvalue weighted by atomic mass is 10.00. The molecule has 0 bridgehead atoms. The van der Waals surface area contributed by atoms with Crippen LogP contribution in [0.4, 0.5) is 4.39 Å². The third-order valence-corrected chi connectivity index (χ3v) is 9.17. The van der Waals surface area contributed by atoms with Gasteiger partial charge in [-0.25, -0.2) is 14.4 Å². The summed E-state index contributed by atoms with van der Waals surface area (Å²) in [6.45, 7) is 4.17. The molecule has 0 saturated heterocycles. The monoisotopic (exact) mass is 476 g/mol. The maximum Gasteiger partial charge on any atom is 0.188 e. The first-order valence-electron chi connectivity index (χ1n) is 10.8. The van der Waals surface area contributed by atoms with Gasteiger partial charge >= 0.3 is 0 Å². The molecule has 3 aromatic carbocycles. The van der Waals surface area contributed by atoms with Crippen molar-refractivity contribution in [3.05, 3.63) is 102 Å². The number of hydrogen-bond donors (Lipinski definition) is 0. The molecule has 0 spiro atoms. The first-order chi connectivity index (χ1) is 15.9. The normalized spacial score (nSPS) is 11.7. The number of halogens is 1. The van der Waals surface area contributed by atoms with Gasteiger partial charge in [-0.3, -0.25) is 0 Å². The summed E-state index contributed by atoms with van der Waals surface area (Å²) in [6.07, 6.45) is 2.22. The van der Waals surface area contributed by atoms with Gasteiger partial charge in [0, 0.05) is 27.9 Å². The molecule has 6 heteroatoms. The van der Waals surface area contributed by atoms with Crippen LogP contribution in [0.5, 0.6) is 0 Å². The number of nitrogens with zero attached hydrogens (tertiary/aromatic N) is 2. The lowest BCUT2D eigenvalue weighted by molar-refractivity contribution is 0.586. The van der Waals surface area contributed by atoms with E-state index in [1.165, 1.54) is 23.9 Å². The van der Waals surface area contributed by atoms with Crippen molar-refractivity contribution in [1.29, 1.82) is 0 Å². The first-order valence-corrected chi connectivity index (χ1v) is 13.9. The molecule has 0 radical (unpaired) electrons. The van der Waals surface area contributed by atoms with E-state index in [1.54, 1.807) is 12.1 Å². The number of hydrogen-bond acceptors (Lipinski definition) is 4. The van der Waals surface area contributed by atoms with E-state index in [4.69, 9.17) is 9.97 Å². The minimum Gasteiger partial charge on any atom is -0.313 e. The molecular formula is C27H26FN2OPS. The predicted molar refractivity (Wildman–Crippen MR) is 137 cm³/mol. The topological polar surface area (TPSA) is 42.9 Å². The zero-order valence-corrected chi connectivity index (χ0v) is 20.6. The number of aromatic nitrogens is 2. The lowest BCUT2D eigenvalue weighted by Crippen LogP contribution is -2.19. The Morgan fingerprint density at radius 3 is 1.88 bits per heavy atom. The van der Waals surface area contributed by atoms with Gasteiger partial charge in [-0.15, -0.1) is 0 Å². The molecule has 0 fully saturated rings. The highest BCUT2D eigenvalue weighted by atomic mass is 32.2. The Labute approximate surface area is 198 Å². The van der Waals surface area contributed by atoms with Crippen molar-refractivity contribution >= 4 is 29.5 Å². The second kappa shape index (κ2) is 10.0. The van der Waals surface area contributed by atoms with Crippen molar-refractivity contribution in [2.24, 2.45) is 0 Å². The number of rotatable bonds is 7. The van der Waals surface area contributed by atoms with Crippen molar-refractivity contribution in [2.45, 2.75) is 31.1 Å². The molecule has 1 aromatic heterocycles. The van der Waals surface area contributed by atoms with Crippen LogP contribution < -0.4 is 10.6 Å². The Kier molecular flexibility index (Phi) is 7.11. The van der Waals surface area contributed by atoms with E-state index < -0.39 is 7.14 Å². The quantitative estimate of drug-likeness (QED) is 0.170. The van der Waals surface area contributed by atoms with Crippen LogP contribution >= 0.6 is 18.9 Å². The molecule has 3 nitrogen and oxygen atoms in total. The molecule has 0 aliphatic rings. The zero-order chi connectivity index (χ0) is 23.4. The molecule has 168 valence electrons. The maximum absolute atomic E-state index is 14.8. The third-order valence-electron chi connectivity index (χ3n) is 5.59. The largest absolute Gasteiger partial charge is 0.313 e. The standard InChI is InChI=1S/C27H26FN2OPS/c1-19(2)25-24(26(30-27(29-25)33-3)20-14-16-21(28)17-15-20)18-32(31,22-10-6-4-7-11-22)23-12-8-5-9-13-23/h4-17,19H,18H2,1-3H3. The minimum atomic E-state index is -3.05. The Hall–Kier alpha value is -2.75. The number of thioether (sulfide) groups is 1. The summed E-state index contributed by atoms with van der Waals surface area (Å²) in [5.74, 6) is -0.198. The number of benzene rings is 3. The molecule has 0 unspecified atom stereocenters. The fourth-order valence-corrected chi connectivity index (χ4v) is 7.04. The van der Waals surface area contributed by atoms with E-state index in [-0.39, 0.29) is 17.9 Å². The molecule has 0 atom stereocenters. The van der Waals surface area contributed by atoms with Crippen LogP contribution in [-0.4, -0.2) is 16.2 Å². The second-order valence-electron chi connectivity index (χ2n) is 8.15. The summed E-state index contributed by atoms with van der Waals surface area (Å²) in [5.41, 5.74) is 3.23. The molecule has 0 aliphatic heterocycles. The first kappa shape index (κ1) is 23.4. The molecule has 0 N–H and O–H groups in total. The van der Waals surface area contributed by atoms with Crippen LogP contribution in [0.15, 0.2) is 90.1 Å². The van der Waals surface area contributed by atoms with Crippen molar-refractivity contribution in [2.75, 3.05) is 6.26 Å². The summed E-state index contributed by atoms with van der Waals surface area (Å²) in [5, 5.41) is 2.24. The van der Waals surface area contributed by atoms with Crippen molar-refractivity contribution in [3.8, 4) is 11.3 Å². The SMILES string of the molecule is CSc1nc(-c2ccc(F)cc2)c(CP(=O)(c2ccccc2)c2ccccc2)c(C(C)C)n1. The van der Waals surface area contributed by atoms with Crippen molar-refractivity contribution in [3.63, 3.8) is 0 Å². The zero-order valence-electron chi connectivity index (χ0n) is 18.9. The van der Waals surface area contributed by atoms with Gasteiger partial charge in [0.05, 0.1) is 11.4 Å². The summed E-state index contributed by atoms with van der Waals surface area (Å²) in [6, 6.07) is 25.6. The van der Waals surface area contributed by atoms with Gasteiger partial charge in [0.2, 0.25) is 0 Å². The average molecular weight is 477 g/mol. The van der Waals surface area contributed by atoms with E-state index in [0.29, 0.717) is 10.9 Å². The summed E-state index contributed by atoms with van der Waals surface area (Å²) in [7, 11) is -3.05. The minimum absolute atomic E-state index is 0.105. The van der Waals surface area contributed by atoms with E-state index in [1.807, 2.05) is 66.9 Å². The Morgan fingerprint density at radius 1 is 0.848 bits per heavy atom. The van der Waals surface area contributed by atoms with Gasteiger partial charge < -0.3 is 4.57 Å².